The van der Waals surface area contributed by atoms with Gasteiger partial charge in [0.2, 0.25) is 0 Å². The Morgan fingerprint density at radius 2 is 2.46 bits per heavy atom. The van der Waals surface area contributed by atoms with Gasteiger partial charge >= 0.3 is 6.03 Å². The van der Waals surface area contributed by atoms with Crippen molar-refractivity contribution in [3.63, 3.8) is 0 Å². The number of carbonyl (C=O) groups is 1. The third-order valence-corrected chi connectivity index (χ3v) is 2.03. The fourth-order valence-electron chi connectivity index (χ4n) is 1.11. The molecule has 4 heteroatoms. The highest BCUT2D eigenvalue weighted by atomic mass is 16.2. The SMILES string of the molecule is O=C(NCc1cc[nH]c1)NC1CC1. The zero-order chi connectivity index (χ0) is 9.10. The molecule has 0 atom stereocenters. The highest BCUT2D eigenvalue weighted by molar-refractivity contribution is 5.74. The van der Waals surface area contributed by atoms with E-state index in [0.29, 0.717) is 12.6 Å². The minimum Gasteiger partial charge on any atom is -0.367 e. The molecule has 3 N–H and O–H groups in total. The minimum absolute atomic E-state index is 0.0660. The maximum atomic E-state index is 11.2. The molecule has 0 saturated heterocycles. The van der Waals surface area contributed by atoms with Crippen LogP contribution in [0, 0.1) is 0 Å². The summed E-state index contributed by atoms with van der Waals surface area (Å²) in [5, 5.41) is 5.64. The Hall–Kier alpha value is -1.45. The normalized spacial score (nSPS) is 15.4. The molecular formula is C9H13N3O. The van der Waals surface area contributed by atoms with Crippen molar-refractivity contribution >= 4 is 6.03 Å². The monoisotopic (exact) mass is 179 g/mol. The average Bonchev–Trinajstić information content (AvgIpc) is 2.78. The van der Waals surface area contributed by atoms with Crippen LogP contribution < -0.4 is 10.6 Å². The Morgan fingerprint density at radius 1 is 1.62 bits per heavy atom. The second kappa shape index (κ2) is 3.51. The molecule has 1 aliphatic rings. The maximum Gasteiger partial charge on any atom is 0.315 e. The lowest BCUT2D eigenvalue weighted by atomic mass is 10.3. The van der Waals surface area contributed by atoms with Crippen LogP contribution in [0.4, 0.5) is 4.79 Å². The second-order valence-corrected chi connectivity index (χ2v) is 3.32. The third kappa shape index (κ3) is 2.50. The summed E-state index contributed by atoms with van der Waals surface area (Å²) in [4.78, 5) is 14.1. The first-order valence-electron chi connectivity index (χ1n) is 4.50. The van der Waals surface area contributed by atoms with E-state index in [0.717, 1.165) is 18.4 Å². The Balaban J connectivity index is 1.69. The highest BCUT2D eigenvalue weighted by Crippen LogP contribution is 2.18. The molecule has 1 aliphatic carbocycles. The van der Waals surface area contributed by atoms with Crippen molar-refractivity contribution in [1.82, 2.24) is 15.6 Å². The number of aromatic nitrogens is 1. The van der Waals surface area contributed by atoms with E-state index >= 15 is 0 Å². The summed E-state index contributed by atoms with van der Waals surface area (Å²) >= 11 is 0. The molecule has 13 heavy (non-hydrogen) atoms. The van der Waals surface area contributed by atoms with Gasteiger partial charge in [0, 0.05) is 25.0 Å². The zero-order valence-corrected chi connectivity index (χ0v) is 7.34. The molecule has 1 saturated carbocycles. The van der Waals surface area contributed by atoms with E-state index < -0.39 is 0 Å². The molecule has 0 unspecified atom stereocenters. The van der Waals surface area contributed by atoms with Crippen molar-refractivity contribution < 1.29 is 4.79 Å². The van der Waals surface area contributed by atoms with Gasteiger partial charge in [0.05, 0.1) is 0 Å². The highest BCUT2D eigenvalue weighted by Gasteiger charge is 2.22. The lowest BCUT2D eigenvalue weighted by molar-refractivity contribution is 0.240. The molecule has 0 aromatic carbocycles. The number of nitrogens with one attached hydrogen (secondary N) is 3. The number of hydrogen-bond donors (Lipinski definition) is 3. The van der Waals surface area contributed by atoms with E-state index in [-0.39, 0.29) is 6.03 Å². The van der Waals surface area contributed by atoms with Crippen LogP contribution in [0.5, 0.6) is 0 Å². The summed E-state index contributed by atoms with van der Waals surface area (Å²) in [6.45, 7) is 0.585. The number of hydrogen-bond acceptors (Lipinski definition) is 1. The first-order valence-corrected chi connectivity index (χ1v) is 4.50. The molecule has 1 heterocycles. The van der Waals surface area contributed by atoms with Gasteiger partial charge in [0.1, 0.15) is 0 Å². The van der Waals surface area contributed by atoms with Gasteiger partial charge < -0.3 is 15.6 Å². The van der Waals surface area contributed by atoms with E-state index in [2.05, 4.69) is 15.6 Å². The summed E-state index contributed by atoms with van der Waals surface area (Å²) < 4.78 is 0. The molecule has 0 radical (unpaired) electrons. The van der Waals surface area contributed by atoms with Crippen molar-refractivity contribution in [1.29, 1.82) is 0 Å². The molecule has 1 fully saturated rings. The summed E-state index contributed by atoms with van der Waals surface area (Å²) in [6.07, 6.45) is 5.96. The zero-order valence-electron chi connectivity index (χ0n) is 7.34. The molecular weight excluding hydrogens is 166 g/mol. The lowest BCUT2D eigenvalue weighted by Gasteiger charge is -2.04. The van der Waals surface area contributed by atoms with Gasteiger partial charge in [-0.2, -0.15) is 0 Å². The summed E-state index contributed by atoms with van der Waals surface area (Å²) in [7, 11) is 0. The molecule has 0 spiro atoms. The molecule has 2 rings (SSSR count). The van der Waals surface area contributed by atoms with Gasteiger partial charge in [-0.05, 0) is 24.5 Å². The topological polar surface area (TPSA) is 56.9 Å². The van der Waals surface area contributed by atoms with E-state index in [1.165, 1.54) is 0 Å². The summed E-state index contributed by atoms with van der Waals surface area (Å²) in [6, 6.07) is 2.30. The van der Waals surface area contributed by atoms with Crippen LogP contribution in [-0.4, -0.2) is 17.1 Å². The first-order chi connectivity index (χ1) is 6.34. The van der Waals surface area contributed by atoms with Gasteiger partial charge in [0.15, 0.2) is 0 Å². The second-order valence-electron chi connectivity index (χ2n) is 3.32. The smallest absolute Gasteiger partial charge is 0.315 e. The van der Waals surface area contributed by atoms with Crippen molar-refractivity contribution in [2.24, 2.45) is 0 Å². The Bertz CT molecular complexity index is 277. The first kappa shape index (κ1) is 8.16. The van der Waals surface area contributed by atoms with Gasteiger partial charge in [-0.15, -0.1) is 0 Å². The van der Waals surface area contributed by atoms with Crippen LogP contribution in [0.3, 0.4) is 0 Å². The molecule has 0 aliphatic heterocycles. The summed E-state index contributed by atoms with van der Waals surface area (Å²) in [5.74, 6) is 0. The van der Waals surface area contributed by atoms with Crippen molar-refractivity contribution in [3.8, 4) is 0 Å². The van der Waals surface area contributed by atoms with E-state index in [1.807, 2.05) is 18.5 Å². The Morgan fingerprint density at radius 3 is 3.08 bits per heavy atom. The van der Waals surface area contributed by atoms with Crippen LogP contribution in [-0.2, 0) is 6.54 Å². The lowest BCUT2D eigenvalue weighted by Crippen LogP contribution is -2.36. The fourth-order valence-corrected chi connectivity index (χ4v) is 1.11. The molecule has 1 aromatic heterocycles. The van der Waals surface area contributed by atoms with E-state index in [9.17, 15) is 4.79 Å². The minimum atomic E-state index is -0.0660. The van der Waals surface area contributed by atoms with Gasteiger partial charge in [-0.25, -0.2) is 4.79 Å². The number of urea groups is 1. The molecule has 0 bridgehead atoms. The van der Waals surface area contributed by atoms with Crippen LogP contribution in [0.1, 0.15) is 18.4 Å². The van der Waals surface area contributed by atoms with Gasteiger partial charge in [-0.1, -0.05) is 0 Å². The van der Waals surface area contributed by atoms with Crippen LogP contribution in [0.15, 0.2) is 18.5 Å². The quantitative estimate of drug-likeness (QED) is 0.636. The van der Waals surface area contributed by atoms with Gasteiger partial charge in [-0.3, -0.25) is 0 Å². The fraction of sp³-hybridized carbons (Fsp3) is 0.444. The molecule has 4 nitrogen and oxygen atoms in total. The van der Waals surface area contributed by atoms with Crippen LogP contribution in [0.2, 0.25) is 0 Å². The standard InChI is InChI=1S/C9H13N3O/c13-9(12-8-1-2-8)11-6-7-3-4-10-5-7/h3-5,8,10H,1-2,6H2,(H2,11,12,13). The van der Waals surface area contributed by atoms with Crippen LogP contribution in [0.25, 0.3) is 0 Å². The number of rotatable bonds is 3. The Labute approximate surface area is 76.7 Å². The molecule has 2 amide bonds. The average molecular weight is 179 g/mol. The largest absolute Gasteiger partial charge is 0.367 e. The number of amides is 2. The Kier molecular flexibility index (Phi) is 2.21. The predicted octanol–water partition coefficient (Wildman–Crippen LogP) is 0.976. The van der Waals surface area contributed by atoms with Crippen molar-refractivity contribution in [3.05, 3.63) is 24.0 Å². The van der Waals surface area contributed by atoms with Gasteiger partial charge in [0.25, 0.3) is 0 Å². The van der Waals surface area contributed by atoms with E-state index in [4.69, 9.17) is 0 Å². The number of carbonyl (C=O) groups excluding carboxylic acids is 1. The molecule has 1 aromatic rings. The third-order valence-electron chi connectivity index (χ3n) is 2.03. The molecule has 70 valence electrons. The summed E-state index contributed by atoms with van der Waals surface area (Å²) in [5.41, 5.74) is 1.09. The number of aromatic amines is 1. The predicted molar refractivity (Wildman–Crippen MR) is 49.2 cm³/mol. The number of H-pyrrole nitrogens is 1. The van der Waals surface area contributed by atoms with E-state index in [1.54, 1.807) is 0 Å². The van der Waals surface area contributed by atoms with Crippen LogP contribution >= 0.6 is 0 Å². The maximum absolute atomic E-state index is 11.2. The van der Waals surface area contributed by atoms with Crippen molar-refractivity contribution in [2.45, 2.75) is 25.4 Å². The van der Waals surface area contributed by atoms with Crippen molar-refractivity contribution in [2.75, 3.05) is 0 Å².